The fourth-order valence-corrected chi connectivity index (χ4v) is 3.13. The zero-order valence-corrected chi connectivity index (χ0v) is 8.20. The van der Waals surface area contributed by atoms with E-state index in [1.54, 1.807) is 0 Å². The topological polar surface area (TPSA) is 24.5 Å². The van der Waals surface area contributed by atoms with E-state index in [1.165, 1.54) is 25.9 Å². The van der Waals surface area contributed by atoms with Crippen molar-refractivity contribution in [3.05, 3.63) is 0 Å². The Labute approximate surface area is 79.4 Å². The highest BCUT2D eigenvalue weighted by Crippen LogP contribution is 2.32. The highest BCUT2D eigenvalue weighted by Gasteiger charge is 2.44. The lowest BCUT2D eigenvalue weighted by Gasteiger charge is -2.34. The predicted octanol–water partition coefficient (Wildman–Crippen LogP) is 0.210. The molecule has 0 aromatic carbocycles. The SMILES string of the molecule is CC1NCCC1N1CC2CC1CO2. The van der Waals surface area contributed by atoms with Crippen molar-refractivity contribution >= 4 is 0 Å². The summed E-state index contributed by atoms with van der Waals surface area (Å²) in [6, 6.07) is 2.19. The highest BCUT2D eigenvalue weighted by molar-refractivity contribution is 4.99. The van der Waals surface area contributed by atoms with Crippen molar-refractivity contribution < 1.29 is 4.74 Å². The molecule has 4 atom stereocenters. The zero-order valence-electron chi connectivity index (χ0n) is 8.20. The van der Waals surface area contributed by atoms with Gasteiger partial charge in [0.2, 0.25) is 0 Å². The molecule has 3 saturated heterocycles. The number of nitrogens with zero attached hydrogens (tertiary/aromatic N) is 1. The van der Waals surface area contributed by atoms with Crippen LogP contribution in [0.3, 0.4) is 0 Å². The van der Waals surface area contributed by atoms with Gasteiger partial charge >= 0.3 is 0 Å². The summed E-state index contributed by atoms with van der Waals surface area (Å²) in [5.41, 5.74) is 0. The van der Waals surface area contributed by atoms with Gasteiger partial charge in [0.05, 0.1) is 12.7 Å². The minimum Gasteiger partial charge on any atom is -0.375 e. The summed E-state index contributed by atoms with van der Waals surface area (Å²) in [4.78, 5) is 2.68. The van der Waals surface area contributed by atoms with Gasteiger partial charge in [0.15, 0.2) is 0 Å². The molecule has 0 amide bonds. The van der Waals surface area contributed by atoms with Crippen LogP contribution >= 0.6 is 0 Å². The van der Waals surface area contributed by atoms with E-state index >= 15 is 0 Å². The van der Waals surface area contributed by atoms with Crippen molar-refractivity contribution in [1.82, 2.24) is 10.2 Å². The smallest absolute Gasteiger partial charge is 0.0718 e. The van der Waals surface area contributed by atoms with E-state index in [0.29, 0.717) is 12.1 Å². The van der Waals surface area contributed by atoms with Crippen molar-refractivity contribution in [2.24, 2.45) is 0 Å². The third-order valence-corrected chi connectivity index (χ3v) is 3.85. The maximum absolute atomic E-state index is 5.61. The van der Waals surface area contributed by atoms with Gasteiger partial charge in [-0.3, -0.25) is 4.90 Å². The molecule has 0 radical (unpaired) electrons. The Hall–Kier alpha value is -0.120. The summed E-state index contributed by atoms with van der Waals surface area (Å²) in [5.74, 6) is 0. The van der Waals surface area contributed by atoms with Crippen molar-refractivity contribution in [1.29, 1.82) is 0 Å². The van der Waals surface area contributed by atoms with Crippen LogP contribution in [0.1, 0.15) is 19.8 Å². The number of hydrogen-bond acceptors (Lipinski definition) is 3. The van der Waals surface area contributed by atoms with Crippen molar-refractivity contribution in [3.8, 4) is 0 Å². The molecule has 3 rings (SSSR count). The van der Waals surface area contributed by atoms with Crippen LogP contribution in [0.15, 0.2) is 0 Å². The third-order valence-electron chi connectivity index (χ3n) is 3.85. The van der Waals surface area contributed by atoms with Crippen LogP contribution in [0.5, 0.6) is 0 Å². The molecular weight excluding hydrogens is 164 g/mol. The minimum absolute atomic E-state index is 0.554. The Bertz CT molecular complexity index is 209. The summed E-state index contributed by atoms with van der Waals surface area (Å²) in [5, 5.41) is 3.52. The molecule has 3 nitrogen and oxygen atoms in total. The Kier molecular flexibility index (Phi) is 1.86. The molecule has 3 heterocycles. The maximum atomic E-state index is 5.61. The largest absolute Gasteiger partial charge is 0.375 e. The molecule has 2 bridgehead atoms. The quantitative estimate of drug-likeness (QED) is 0.627. The Morgan fingerprint density at radius 1 is 1.46 bits per heavy atom. The lowest BCUT2D eigenvalue weighted by molar-refractivity contribution is 0.0100. The Morgan fingerprint density at radius 2 is 2.38 bits per heavy atom. The number of fused-ring (bicyclic) bond motifs is 2. The van der Waals surface area contributed by atoms with Gasteiger partial charge < -0.3 is 10.1 Å². The Balaban J connectivity index is 1.72. The van der Waals surface area contributed by atoms with Crippen molar-refractivity contribution in [2.45, 2.75) is 44.0 Å². The Morgan fingerprint density at radius 3 is 2.92 bits per heavy atom. The second-order valence-electron chi connectivity index (χ2n) is 4.64. The fourth-order valence-electron chi connectivity index (χ4n) is 3.13. The average molecular weight is 182 g/mol. The van der Waals surface area contributed by atoms with Gasteiger partial charge in [-0.2, -0.15) is 0 Å². The fraction of sp³-hybridized carbons (Fsp3) is 1.00. The van der Waals surface area contributed by atoms with Gasteiger partial charge in [-0.05, 0) is 26.3 Å². The monoisotopic (exact) mass is 182 g/mol. The summed E-state index contributed by atoms with van der Waals surface area (Å²) in [7, 11) is 0. The van der Waals surface area contributed by atoms with E-state index in [2.05, 4.69) is 17.1 Å². The number of hydrogen-bond donors (Lipinski definition) is 1. The van der Waals surface area contributed by atoms with Gasteiger partial charge in [0.25, 0.3) is 0 Å². The van der Waals surface area contributed by atoms with E-state index < -0.39 is 0 Å². The van der Waals surface area contributed by atoms with Gasteiger partial charge in [-0.25, -0.2) is 0 Å². The van der Waals surface area contributed by atoms with E-state index in [9.17, 15) is 0 Å². The van der Waals surface area contributed by atoms with Gasteiger partial charge in [0.1, 0.15) is 0 Å². The molecule has 3 aliphatic rings. The first-order chi connectivity index (χ1) is 6.34. The molecule has 0 aromatic heterocycles. The van der Waals surface area contributed by atoms with Gasteiger partial charge in [-0.15, -0.1) is 0 Å². The van der Waals surface area contributed by atoms with Crippen molar-refractivity contribution in [2.75, 3.05) is 19.7 Å². The van der Waals surface area contributed by atoms with Crippen LogP contribution in [0.4, 0.5) is 0 Å². The first-order valence-corrected chi connectivity index (χ1v) is 5.45. The van der Waals surface area contributed by atoms with E-state index in [4.69, 9.17) is 4.74 Å². The number of rotatable bonds is 1. The molecule has 0 spiro atoms. The van der Waals surface area contributed by atoms with Crippen LogP contribution in [-0.4, -0.2) is 48.8 Å². The molecule has 1 N–H and O–H groups in total. The summed E-state index contributed by atoms with van der Waals surface area (Å²) in [6.45, 7) is 5.67. The lowest BCUT2D eigenvalue weighted by atomic mass is 10.1. The minimum atomic E-state index is 0.554. The first kappa shape index (κ1) is 8.21. The van der Waals surface area contributed by atoms with Crippen LogP contribution in [-0.2, 0) is 4.74 Å². The van der Waals surface area contributed by atoms with Crippen LogP contribution in [0, 0.1) is 0 Å². The van der Waals surface area contributed by atoms with E-state index in [1.807, 2.05) is 0 Å². The van der Waals surface area contributed by atoms with Crippen LogP contribution < -0.4 is 5.32 Å². The third kappa shape index (κ3) is 1.22. The number of likely N-dealkylation sites (tertiary alicyclic amines) is 1. The second kappa shape index (κ2) is 2.94. The van der Waals surface area contributed by atoms with E-state index in [-0.39, 0.29) is 0 Å². The lowest BCUT2D eigenvalue weighted by Crippen LogP contribution is -2.48. The first-order valence-electron chi connectivity index (χ1n) is 5.45. The van der Waals surface area contributed by atoms with Gasteiger partial charge in [0, 0.05) is 24.7 Å². The molecule has 74 valence electrons. The molecule has 3 fully saturated rings. The average Bonchev–Trinajstić information content (AvgIpc) is 2.77. The predicted molar refractivity (Wildman–Crippen MR) is 50.7 cm³/mol. The number of morpholine rings is 1. The molecule has 13 heavy (non-hydrogen) atoms. The highest BCUT2D eigenvalue weighted by atomic mass is 16.5. The van der Waals surface area contributed by atoms with Crippen LogP contribution in [0.25, 0.3) is 0 Å². The standard InChI is InChI=1S/C10H18N2O/c1-7-10(2-3-11-7)12-5-9-4-8(12)6-13-9/h7-11H,2-6H2,1H3. The summed E-state index contributed by atoms with van der Waals surface area (Å²) >= 11 is 0. The molecule has 3 heteroatoms. The second-order valence-corrected chi connectivity index (χ2v) is 4.64. The normalized spacial score (nSPS) is 50.5. The maximum Gasteiger partial charge on any atom is 0.0718 e. The van der Waals surface area contributed by atoms with Crippen LogP contribution in [0.2, 0.25) is 0 Å². The zero-order chi connectivity index (χ0) is 8.84. The summed E-state index contributed by atoms with van der Waals surface area (Å²) in [6.07, 6.45) is 3.16. The number of nitrogens with one attached hydrogen (secondary N) is 1. The molecular formula is C10H18N2O. The molecule has 4 unspecified atom stereocenters. The molecule has 0 saturated carbocycles. The van der Waals surface area contributed by atoms with Gasteiger partial charge in [-0.1, -0.05) is 0 Å². The van der Waals surface area contributed by atoms with Crippen molar-refractivity contribution in [3.63, 3.8) is 0 Å². The number of ether oxygens (including phenoxy) is 1. The molecule has 3 aliphatic heterocycles. The summed E-state index contributed by atoms with van der Waals surface area (Å²) < 4.78 is 5.61. The molecule has 0 aromatic rings. The molecule has 0 aliphatic carbocycles. The van der Waals surface area contributed by atoms with E-state index in [0.717, 1.165) is 18.7 Å².